The maximum absolute atomic E-state index is 13.1. The van der Waals surface area contributed by atoms with Gasteiger partial charge in [0.1, 0.15) is 6.04 Å². The number of likely N-dealkylation sites (N-methyl/N-ethyl adjacent to an activating group) is 1. The lowest BCUT2D eigenvalue weighted by atomic mass is 9.91. The zero-order chi connectivity index (χ0) is 22.7. The van der Waals surface area contributed by atoms with E-state index in [2.05, 4.69) is 23.3 Å². The Bertz CT molecular complexity index is 683. The molecule has 2 N–H and O–H groups in total. The van der Waals surface area contributed by atoms with Crippen LogP contribution < -0.4 is 10.6 Å². The van der Waals surface area contributed by atoms with E-state index < -0.39 is 29.3 Å². The van der Waals surface area contributed by atoms with Crippen LogP contribution in [0.4, 0.5) is 0 Å². The summed E-state index contributed by atoms with van der Waals surface area (Å²) in [7, 11) is 2.81. The number of hydrogen-bond donors (Lipinski definition) is 3. The zero-order valence-corrected chi connectivity index (χ0v) is 19.3. The van der Waals surface area contributed by atoms with Gasteiger partial charge in [-0.25, -0.2) is 0 Å². The van der Waals surface area contributed by atoms with Gasteiger partial charge in [0.15, 0.2) is 0 Å². The van der Waals surface area contributed by atoms with Crippen LogP contribution in [0, 0.1) is 11.8 Å². The predicted molar refractivity (Wildman–Crippen MR) is 119 cm³/mol. The lowest BCUT2D eigenvalue weighted by Gasteiger charge is -2.29. The molecule has 8 heteroatoms. The Morgan fingerprint density at radius 3 is 2.23 bits per heavy atom. The number of ether oxygens (including phenoxy) is 2. The summed E-state index contributed by atoms with van der Waals surface area (Å²) in [6, 6.07) is 8.71. The second-order valence-corrected chi connectivity index (χ2v) is 8.35. The molecule has 2 unspecified atom stereocenters. The van der Waals surface area contributed by atoms with Gasteiger partial charge in [-0.1, -0.05) is 44.2 Å². The third-order valence-corrected chi connectivity index (χ3v) is 5.32. The van der Waals surface area contributed by atoms with E-state index >= 15 is 0 Å². The van der Waals surface area contributed by atoms with Crippen LogP contribution in [0.15, 0.2) is 30.3 Å². The monoisotopic (exact) mass is 438 g/mol. The zero-order valence-electron chi connectivity index (χ0n) is 18.4. The molecule has 0 bridgehead atoms. The molecule has 1 aromatic rings. The van der Waals surface area contributed by atoms with Crippen molar-refractivity contribution in [3.8, 4) is 0 Å². The quantitative estimate of drug-likeness (QED) is 0.344. The molecule has 1 aromatic carbocycles. The number of amides is 2. The lowest BCUT2D eigenvalue weighted by molar-refractivity contribution is -0.141. The second-order valence-electron chi connectivity index (χ2n) is 7.69. The van der Waals surface area contributed by atoms with Gasteiger partial charge in [0.2, 0.25) is 11.8 Å². The van der Waals surface area contributed by atoms with Crippen molar-refractivity contribution < 1.29 is 23.9 Å². The molecule has 1 rings (SSSR count). The fraction of sp³-hybridized carbons (Fsp3) is 0.591. The number of rotatable bonds is 12. The Kier molecular flexibility index (Phi) is 11.5. The van der Waals surface area contributed by atoms with Crippen molar-refractivity contribution in [3.05, 3.63) is 35.9 Å². The third kappa shape index (κ3) is 8.75. The number of carbonyl (C=O) groups is 3. The van der Waals surface area contributed by atoms with E-state index in [1.54, 1.807) is 6.92 Å². The summed E-state index contributed by atoms with van der Waals surface area (Å²) in [5, 5.41) is 4.85. The van der Waals surface area contributed by atoms with Gasteiger partial charge in [-0.3, -0.25) is 14.4 Å². The van der Waals surface area contributed by atoms with Crippen molar-refractivity contribution in [2.45, 2.75) is 57.6 Å². The summed E-state index contributed by atoms with van der Waals surface area (Å²) in [5.41, 5.74) is 0.970. The molecular weight excluding hydrogens is 404 g/mol. The number of carbonyl (C=O) groups excluding carboxylic acids is 3. The average molecular weight is 439 g/mol. The summed E-state index contributed by atoms with van der Waals surface area (Å²) >= 11 is 4.48. The first-order valence-corrected chi connectivity index (χ1v) is 10.6. The number of hydrogen-bond acceptors (Lipinski definition) is 6. The molecule has 7 nitrogen and oxygen atoms in total. The van der Waals surface area contributed by atoms with E-state index in [-0.39, 0.29) is 24.2 Å². The maximum Gasteiger partial charge on any atom is 0.306 e. The fourth-order valence-corrected chi connectivity index (χ4v) is 3.46. The summed E-state index contributed by atoms with van der Waals surface area (Å²) < 4.78 is 10.5. The van der Waals surface area contributed by atoms with E-state index in [1.165, 1.54) is 14.2 Å². The highest BCUT2D eigenvalue weighted by atomic mass is 32.1. The highest BCUT2D eigenvalue weighted by Gasteiger charge is 2.33. The van der Waals surface area contributed by atoms with Crippen LogP contribution in [0.1, 0.15) is 39.2 Å². The van der Waals surface area contributed by atoms with E-state index in [9.17, 15) is 14.4 Å². The molecule has 0 fully saturated rings. The molecule has 0 heterocycles. The van der Waals surface area contributed by atoms with Crippen molar-refractivity contribution in [1.29, 1.82) is 0 Å². The van der Waals surface area contributed by atoms with Gasteiger partial charge in [-0.05, 0) is 24.8 Å². The highest BCUT2D eigenvalue weighted by molar-refractivity contribution is 7.81. The molecule has 30 heavy (non-hydrogen) atoms. The van der Waals surface area contributed by atoms with Crippen LogP contribution in [-0.4, -0.2) is 49.3 Å². The number of methoxy groups -OCH3 is 1. The first kappa shape index (κ1) is 26.0. The third-order valence-electron chi connectivity index (χ3n) is 4.78. The van der Waals surface area contributed by atoms with Crippen LogP contribution in [-0.2, 0) is 30.5 Å². The van der Waals surface area contributed by atoms with Gasteiger partial charge in [0.05, 0.1) is 32.2 Å². The molecule has 168 valence electrons. The van der Waals surface area contributed by atoms with E-state index in [0.717, 1.165) is 5.56 Å². The minimum absolute atomic E-state index is 0.00905. The molecule has 0 spiro atoms. The number of thiol groups is 1. The molecule has 0 aliphatic carbocycles. The Morgan fingerprint density at radius 1 is 1.07 bits per heavy atom. The molecule has 0 saturated heterocycles. The van der Waals surface area contributed by atoms with Crippen molar-refractivity contribution in [3.63, 3.8) is 0 Å². The van der Waals surface area contributed by atoms with Crippen LogP contribution in [0.3, 0.4) is 0 Å². The van der Waals surface area contributed by atoms with Crippen LogP contribution >= 0.6 is 12.6 Å². The Labute approximate surface area is 184 Å². The minimum Gasteiger partial charge on any atom is -0.469 e. The first-order valence-electron chi connectivity index (χ1n) is 10.1. The Balaban J connectivity index is 2.89. The lowest BCUT2D eigenvalue weighted by Crippen LogP contribution is -2.54. The van der Waals surface area contributed by atoms with E-state index in [0.29, 0.717) is 13.0 Å². The topological polar surface area (TPSA) is 93.7 Å². The van der Waals surface area contributed by atoms with Crippen LogP contribution in [0.25, 0.3) is 0 Å². The van der Waals surface area contributed by atoms with Crippen LogP contribution in [0.5, 0.6) is 0 Å². The van der Waals surface area contributed by atoms with E-state index in [1.807, 2.05) is 44.2 Å². The van der Waals surface area contributed by atoms with Gasteiger partial charge >= 0.3 is 5.97 Å². The Hall–Kier alpha value is -2.06. The van der Waals surface area contributed by atoms with Gasteiger partial charge in [0.25, 0.3) is 0 Å². The number of esters is 1. The summed E-state index contributed by atoms with van der Waals surface area (Å²) in [6.07, 6.45) is -0.0287. The SMILES string of the molecule is CNC(=O)[C@@H](NC(=O)C(CC(C)C)C(S)CC(=O)OC)[C@@H](C)OCc1ccccc1. The van der Waals surface area contributed by atoms with Crippen LogP contribution in [0.2, 0.25) is 0 Å². The largest absolute Gasteiger partial charge is 0.469 e. The molecule has 0 aromatic heterocycles. The van der Waals surface area contributed by atoms with E-state index in [4.69, 9.17) is 9.47 Å². The number of nitrogens with one attached hydrogen (secondary N) is 2. The van der Waals surface area contributed by atoms with Crippen molar-refractivity contribution in [2.75, 3.05) is 14.2 Å². The summed E-state index contributed by atoms with van der Waals surface area (Å²) in [5.74, 6) is -1.47. The van der Waals surface area contributed by atoms with Gasteiger partial charge < -0.3 is 20.1 Å². The average Bonchev–Trinajstić information content (AvgIpc) is 2.73. The first-order chi connectivity index (χ1) is 14.2. The predicted octanol–water partition coefficient (Wildman–Crippen LogP) is 2.35. The molecule has 0 saturated carbocycles. The number of benzene rings is 1. The molecule has 4 atom stereocenters. The Morgan fingerprint density at radius 2 is 1.70 bits per heavy atom. The van der Waals surface area contributed by atoms with Crippen molar-refractivity contribution in [1.82, 2.24) is 10.6 Å². The molecular formula is C22H34N2O5S. The van der Waals surface area contributed by atoms with Gasteiger partial charge in [-0.2, -0.15) is 12.6 Å². The smallest absolute Gasteiger partial charge is 0.306 e. The minimum atomic E-state index is -0.875. The van der Waals surface area contributed by atoms with Gasteiger partial charge in [0, 0.05) is 12.3 Å². The second kappa shape index (κ2) is 13.3. The van der Waals surface area contributed by atoms with Crippen molar-refractivity contribution in [2.24, 2.45) is 11.8 Å². The summed E-state index contributed by atoms with van der Waals surface area (Å²) in [4.78, 5) is 37.1. The maximum atomic E-state index is 13.1. The molecule has 2 amide bonds. The molecule has 0 aliphatic heterocycles. The van der Waals surface area contributed by atoms with Crippen molar-refractivity contribution >= 4 is 30.4 Å². The molecule has 0 radical (unpaired) electrons. The molecule has 0 aliphatic rings. The summed E-state index contributed by atoms with van der Waals surface area (Å²) in [6.45, 7) is 6.03. The fourth-order valence-electron chi connectivity index (χ4n) is 3.05. The standard InChI is InChI=1S/C22H34N2O5S/c1-14(2)11-17(18(30)12-19(25)28-5)21(26)24-20(22(27)23-4)15(3)29-13-16-9-7-6-8-10-16/h6-10,14-15,17-18,20,30H,11-13H2,1-5H3,(H,23,27)(H,24,26)/t15-,17?,18?,20+/m1/s1. The normalized spacial score (nSPS) is 15.0. The van der Waals surface area contributed by atoms with Gasteiger partial charge in [-0.15, -0.1) is 0 Å². The highest BCUT2D eigenvalue weighted by Crippen LogP contribution is 2.23.